The van der Waals surface area contributed by atoms with Gasteiger partial charge in [-0.05, 0) is 37.1 Å². The zero-order chi connectivity index (χ0) is 18.5. The number of aromatic nitrogens is 3. The second kappa shape index (κ2) is 7.90. The number of hydrogen-bond acceptors (Lipinski definition) is 4. The van der Waals surface area contributed by atoms with E-state index in [4.69, 9.17) is 0 Å². The molecule has 3 N–H and O–H groups in total. The first kappa shape index (κ1) is 17.1. The summed E-state index contributed by atoms with van der Waals surface area (Å²) in [5.74, 6) is 0.900. The highest BCUT2D eigenvalue weighted by atomic mass is 16.2. The number of aromatic amines is 1. The highest BCUT2D eigenvalue weighted by Gasteiger charge is 2.23. The summed E-state index contributed by atoms with van der Waals surface area (Å²) in [6.45, 7) is 1.67. The number of urea groups is 1. The summed E-state index contributed by atoms with van der Waals surface area (Å²) >= 11 is 0. The third kappa shape index (κ3) is 4.25. The molecular formula is C20H22N6O. The van der Waals surface area contributed by atoms with Crippen molar-refractivity contribution in [3.05, 3.63) is 60.9 Å². The maximum absolute atomic E-state index is 12.2. The first-order valence-electron chi connectivity index (χ1n) is 9.11. The third-order valence-corrected chi connectivity index (χ3v) is 4.67. The zero-order valence-corrected chi connectivity index (χ0v) is 14.9. The number of carbonyl (C=O) groups excluding carboxylic acids is 1. The van der Waals surface area contributed by atoms with Gasteiger partial charge in [-0.3, -0.25) is 10.1 Å². The van der Waals surface area contributed by atoms with Gasteiger partial charge in [0.1, 0.15) is 0 Å². The van der Waals surface area contributed by atoms with Crippen molar-refractivity contribution in [1.29, 1.82) is 0 Å². The van der Waals surface area contributed by atoms with Gasteiger partial charge in [0.05, 0.1) is 5.69 Å². The Balaban J connectivity index is 1.37. The molecule has 0 aliphatic carbocycles. The Morgan fingerprint density at radius 2 is 1.96 bits per heavy atom. The van der Waals surface area contributed by atoms with Gasteiger partial charge in [0.15, 0.2) is 5.82 Å². The topological polar surface area (TPSA) is 85.9 Å². The number of pyridine rings is 1. The standard InChI is InChI=1S/C20H22N6O/c27-20(22-16-5-2-1-3-6-16)23-17-7-4-12-26(14-17)19-13-18(24-25-19)15-8-10-21-11-9-15/h1-3,5-6,8-11,13,17H,4,7,12,14H2,(H,24,25)(H2,22,23,27)/t17-/m0/s1. The fourth-order valence-electron chi connectivity index (χ4n) is 3.33. The molecule has 0 radical (unpaired) electrons. The second-order valence-corrected chi connectivity index (χ2v) is 6.63. The number of nitrogens with one attached hydrogen (secondary N) is 3. The van der Waals surface area contributed by atoms with E-state index in [1.165, 1.54) is 0 Å². The molecule has 0 unspecified atom stereocenters. The summed E-state index contributed by atoms with van der Waals surface area (Å²) in [5, 5.41) is 13.5. The van der Waals surface area contributed by atoms with Crippen LogP contribution in [0, 0.1) is 0 Å². The van der Waals surface area contributed by atoms with E-state index in [-0.39, 0.29) is 12.1 Å². The maximum Gasteiger partial charge on any atom is 0.319 e. The lowest BCUT2D eigenvalue weighted by Crippen LogP contribution is -2.49. The molecule has 7 nitrogen and oxygen atoms in total. The minimum Gasteiger partial charge on any atom is -0.353 e. The van der Waals surface area contributed by atoms with Crippen molar-refractivity contribution in [2.24, 2.45) is 0 Å². The molecule has 3 heterocycles. The molecule has 27 heavy (non-hydrogen) atoms. The Bertz CT molecular complexity index is 880. The van der Waals surface area contributed by atoms with Crippen LogP contribution in [0.4, 0.5) is 16.3 Å². The molecule has 1 aliphatic heterocycles. The minimum absolute atomic E-state index is 0.0866. The number of anilines is 2. The average Bonchev–Trinajstić information content (AvgIpc) is 3.20. The van der Waals surface area contributed by atoms with Crippen LogP contribution in [0.15, 0.2) is 60.9 Å². The summed E-state index contributed by atoms with van der Waals surface area (Å²) < 4.78 is 0. The minimum atomic E-state index is -0.174. The van der Waals surface area contributed by atoms with E-state index in [2.05, 4.69) is 30.7 Å². The molecule has 1 saturated heterocycles. The van der Waals surface area contributed by atoms with Gasteiger partial charge in [0, 0.05) is 48.8 Å². The number of carbonyl (C=O) groups is 1. The van der Waals surface area contributed by atoms with Gasteiger partial charge in [-0.25, -0.2) is 4.79 Å². The molecule has 0 saturated carbocycles. The second-order valence-electron chi connectivity index (χ2n) is 6.63. The Morgan fingerprint density at radius 3 is 2.78 bits per heavy atom. The van der Waals surface area contributed by atoms with Gasteiger partial charge in [-0.15, -0.1) is 0 Å². The lowest BCUT2D eigenvalue weighted by atomic mass is 10.1. The molecule has 1 aromatic carbocycles. The van der Waals surface area contributed by atoms with E-state index < -0.39 is 0 Å². The summed E-state index contributed by atoms with van der Waals surface area (Å²) in [6, 6.07) is 15.3. The number of para-hydroxylation sites is 1. The highest BCUT2D eigenvalue weighted by molar-refractivity contribution is 5.89. The number of amides is 2. The molecule has 1 fully saturated rings. The molecule has 7 heteroatoms. The van der Waals surface area contributed by atoms with Crippen LogP contribution < -0.4 is 15.5 Å². The van der Waals surface area contributed by atoms with Crippen molar-refractivity contribution in [3.63, 3.8) is 0 Å². The van der Waals surface area contributed by atoms with Gasteiger partial charge >= 0.3 is 6.03 Å². The average molecular weight is 362 g/mol. The molecule has 138 valence electrons. The Morgan fingerprint density at radius 1 is 1.15 bits per heavy atom. The summed E-state index contributed by atoms with van der Waals surface area (Å²) in [4.78, 5) is 18.5. The Kier molecular flexibility index (Phi) is 5.00. The predicted molar refractivity (Wildman–Crippen MR) is 106 cm³/mol. The van der Waals surface area contributed by atoms with Crippen molar-refractivity contribution >= 4 is 17.5 Å². The van der Waals surface area contributed by atoms with Gasteiger partial charge in [-0.1, -0.05) is 18.2 Å². The molecule has 2 amide bonds. The SMILES string of the molecule is O=C(Nc1ccccc1)N[C@H]1CCCN(c2cc(-c3ccncc3)[nH]n2)C1. The summed E-state index contributed by atoms with van der Waals surface area (Å²) in [6.07, 6.45) is 5.50. The fraction of sp³-hybridized carbons (Fsp3) is 0.250. The van der Waals surface area contributed by atoms with Crippen molar-refractivity contribution in [2.75, 3.05) is 23.3 Å². The predicted octanol–water partition coefficient (Wildman–Crippen LogP) is 3.26. The van der Waals surface area contributed by atoms with Crippen LogP contribution in [-0.4, -0.2) is 40.3 Å². The van der Waals surface area contributed by atoms with Crippen LogP contribution in [0.5, 0.6) is 0 Å². The van der Waals surface area contributed by atoms with E-state index in [9.17, 15) is 4.79 Å². The molecule has 2 aromatic heterocycles. The van der Waals surface area contributed by atoms with E-state index in [0.29, 0.717) is 0 Å². The van der Waals surface area contributed by atoms with Gasteiger partial charge < -0.3 is 15.5 Å². The smallest absolute Gasteiger partial charge is 0.319 e. The monoisotopic (exact) mass is 362 g/mol. The van der Waals surface area contributed by atoms with Gasteiger partial charge in [0.2, 0.25) is 0 Å². The quantitative estimate of drug-likeness (QED) is 0.665. The molecule has 4 rings (SSSR count). The van der Waals surface area contributed by atoms with Crippen molar-refractivity contribution in [3.8, 4) is 11.3 Å². The van der Waals surface area contributed by atoms with Gasteiger partial charge in [-0.2, -0.15) is 5.10 Å². The first-order valence-corrected chi connectivity index (χ1v) is 9.11. The number of nitrogens with zero attached hydrogens (tertiary/aromatic N) is 3. The zero-order valence-electron chi connectivity index (χ0n) is 14.9. The normalized spacial score (nSPS) is 16.7. The number of piperidine rings is 1. The number of hydrogen-bond donors (Lipinski definition) is 3. The van der Waals surface area contributed by atoms with Crippen LogP contribution in [0.2, 0.25) is 0 Å². The summed E-state index contributed by atoms with van der Waals surface area (Å²) in [7, 11) is 0. The van der Waals surface area contributed by atoms with Crippen LogP contribution in [0.1, 0.15) is 12.8 Å². The fourth-order valence-corrected chi connectivity index (χ4v) is 3.33. The van der Waals surface area contributed by atoms with E-state index in [1.807, 2.05) is 48.5 Å². The van der Waals surface area contributed by atoms with E-state index in [1.54, 1.807) is 12.4 Å². The van der Waals surface area contributed by atoms with Crippen molar-refractivity contribution in [2.45, 2.75) is 18.9 Å². The van der Waals surface area contributed by atoms with E-state index in [0.717, 1.165) is 48.7 Å². The largest absolute Gasteiger partial charge is 0.353 e. The number of H-pyrrole nitrogens is 1. The van der Waals surface area contributed by atoms with Crippen molar-refractivity contribution in [1.82, 2.24) is 20.5 Å². The maximum atomic E-state index is 12.2. The molecule has 3 aromatic rings. The molecular weight excluding hydrogens is 340 g/mol. The lowest BCUT2D eigenvalue weighted by Gasteiger charge is -2.33. The van der Waals surface area contributed by atoms with Gasteiger partial charge in [0.25, 0.3) is 0 Å². The Labute approximate surface area is 157 Å². The van der Waals surface area contributed by atoms with Crippen molar-refractivity contribution < 1.29 is 4.79 Å². The van der Waals surface area contributed by atoms with E-state index >= 15 is 0 Å². The van der Waals surface area contributed by atoms with Crippen LogP contribution in [-0.2, 0) is 0 Å². The molecule has 1 atom stereocenters. The number of rotatable bonds is 4. The van der Waals surface area contributed by atoms with Crippen LogP contribution in [0.25, 0.3) is 11.3 Å². The third-order valence-electron chi connectivity index (χ3n) is 4.67. The number of benzene rings is 1. The molecule has 0 bridgehead atoms. The molecule has 1 aliphatic rings. The molecule has 0 spiro atoms. The first-order chi connectivity index (χ1) is 13.3. The highest BCUT2D eigenvalue weighted by Crippen LogP contribution is 2.23. The van der Waals surface area contributed by atoms with Crippen LogP contribution >= 0.6 is 0 Å². The lowest BCUT2D eigenvalue weighted by molar-refractivity contribution is 0.246. The Hall–Kier alpha value is -3.35. The van der Waals surface area contributed by atoms with Crippen LogP contribution in [0.3, 0.4) is 0 Å². The summed E-state index contributed by atoms with van der Waals surface area (Å²) in [5.41, 5.74) is 2.80.